The fourth-order valence-electron chi connectivity index (χ4n) is 1.99. The zero-order valence-corrected chi connectivity index (χ0v) is 10.9. The van der Waals surface area contributed by atoms with Crippen LogP contribution in [-0.2, 0) is 6.54 Å². The standard InChI is InChI=1S/C12H12N4O4/c1-7-5-13-9(8(2)11(7)16(19)20)6-15-10(12(17)18)3-4-14-15/h3-5H,6H2,1-2H3,(H,17,18). The van der Waals surface area contributed by atoms with Crippen LogP contribution in [0.1, 0.15) is 27.3 Å². The van der Waals surface area contributed by atoms with Gasteiger partial charge in [-0.3, -0.25) is 19.8 Å². The Kier molecular flexibility index (Phi) is 3.47. The lowest BCUT2D eigenvalue weighted by Crippen LogP contribution is -2.13. The van der Waals surface area contributed by atoms with Crippen LogP contribution in [-0.4, -0.2) is 30.8 Å². The van der Waals surface area contributed by atoms with E-state index in [4.69, 9.17) is 5.11 Å². The van der Waals surface area contributed by atoms with Crippen LogP contribution in [0.5, 0.6) is 0 Å². The Morgan fingerprint density at radius 1 is 1.50 bits per heavy atom. The molecule has 0 aliphatic carbocycles. The quantitative estimate of drug-likeness (QED) is 0.669. The molecule has 8 heteroatoms. The number of aryl methyl sites for hydroxylation is 1. The van der Waals surface area contributed by atoms with E-state index >= 15 is 0 Å². The first-order valence-electron chi connectivity index (χ1n) is 5.76. The lowest BCUT2D eigenvalue weighted by molar-refractivity contribution is -0.386. The first kappa shape index (κ1) is 13.7. The number of carbonyl (C=O) groups is 1. The fourth-order valence-corrected chi connectivity index (χ4v) is 1.99. The number of aromatic nitrogens is 3. The molecule has 0 spiro atoms. The number of nitro groups is 1. The van der Waals surface area contributed by atoms with Crippen molar-refractivity contribution < 1.29 is 14.8 Å². The van der Waals surface area contributed by atoms with Crippen molar-refractivity contribution in [3.63, 3.8) is 0 Å². The maximum atomic E-state index is 11.0. The van der Waals surface area contributed by atoms with E-state index in [2.05, 4.69) is 10.1 Å². The van der Waals surface area contributed by atoms with E-state index in [1.54, 1.807) is 13.8 Å². The minimum absolute atomic E-state index is 0.000897. The average Bonchev–Trinajstić information content (AvgIpc) is 2.80. The second kappa shape index (κ2) is 5.08. The van der Waals surface area contributed by atoms with Crippen LogP contribution < -0.4 is 0 Å². The highest BCUT2D eigenvalue weighted by Crippen LogP contribution is 2.24. The average molecular weight is 276 g/mol. The molecule has 0 radical (unpaired) electrons. The summed E-state index contributed by atoms with van der Waals surface area (Å²) in [5, 5.41) is 23.9. The number of hydrogen-bond donors (Lipinski definition) is 1. The molecule has 2 aromatic heterocycles. The van der Waals surface area contributed by atoms with Crippen LogP contribution in [0.25, 0.3) is 0 Å². The van der Waals surface area contributed by atoms with Gasteiger partial charge in [0, 0.05) is 18.0 Å². The van der Waals surface area contributed by atoms with Gasteiger partial charge in [0.25, 0.3) is 5.69 Å². The molecule has 8 nitrogen and oxygen atoms in total. The van der Waals surface area contributed by atoms with Crippen molar-refractivity contribution in [3.8, 4) is 0 Å². The van der Waals surface area contributed by atoms with Gasteiger partial charge in [-0.2, -0.15) is 5.10 Å². The summed E-state index contributed by atoms with van der Waals surface area (Å²) in [6, 6.07) is 1.36. The molecule has 1 N–H and O–H groups in total. The van der Waals surface area contributed by atoms with Crippen molar-refractivity contribution in [2.24, 2.45) is 0 Å². The number of pyridine rings is 1. The van der Waals surface area contributed by atoms with Gasteiger partial charge in [0.05, 0.1) is 22.7 Å². The molecule has 0 saturated carbocycles. The van der Waals surface area contributed by atoms with Crippen LogP contribution >= 0.6 is 0 Å². The molecule has 0 fully saturated rings. The normalized spacial score (nSPS) is 10.5. The predicted molar refractivity (Wildman–Crippen MR) is 68.7 cm³/mol. The summed E-state index contributed by atoms with van der Waals surface area (Å²) in [7, 11) is 0. The summed E-state index contributed by atoms with van der Waals surface area (Å²) >= 11 is 0. The van der Waals surface area contributed by atoms with Gasteiger partial charge in [-0.1, -0.05) is 0 Å². The highest BCUT2D eigenvalue weighted by molar-refractivity contribution is 5.85. The molecule has 0 unspecified atom stereocenters. The van der Waals surface area contributed by atoms with Crippen LogP contribution in [0.15, 0.2) is 18.5 Å². The molecule has 104 valence electrons. The minimum atomic E-state index is -1.11. The molecule has 0 bridgehead atoms. The SMILES string of the molecule is Cc1cnc(Cn2nccc2C(=O)O)c(C)c1[N+](=O)[O-]. The molecular formula is C12H12N4O4. The van der Waals surface area contributed by atoms with Crippen molar-refractivity contribution in [2.75, 3.05) is 0 Å². The summed E-state index contributed by atoms with van der Waals surface area (Å²) in [5.41, 5.74) is 1.32. The van der Waals surface area contributed by atoms with Crippen LogP contribution in [0.3, 0.4) is 0 Å². The van der Waals surface area contributed by atoms with Crippen LogP contribution in [0.4, 0.5) is 5.69 Å². The first-order valence-corrected chi connectivity index (χ1v) is 5.76. The number of hydrogen-bond acceptors (Lipinski definition) is 5. The predicted octanol–water partition coefficient (Wildman–Crippen LogP) is 1.55. The van der Waals surface area contributed by atoms with E-state index < -0.39 is 10.9 Å². The van der Waals surface area contributed by atoms with Gasteiger partial charge in [-0.15, -0.1) is 0 Å². The summed E-state index contributed by atoms with van der Waals surface area (Å²) in [6.45, 7) is 3.28. The molecule has 0 atom stereocenters. The molecule has 0 aliphatic rings. The Bertz CT molecular complexity index is 693. The summed E-state index contributed by atoms with van der Waals surface area (Å²) < 4.78 is 1.25. The lowest BCUT2D eigenvalue weighted by Gasteiger charge is -2.08. The highest BCUT2D eigenvalue weighted by Gasteiger charge is 2.20. The van der Waals surface area contributed by atoms with Crippen molar-refractivity contribution in [2.45, 2.75) is 20.4 Å². The maximum Gasteiger partial charge on any atom is 0.354 e. The first-order chi connectivity index (χ1) is 9.41. The van der Waals surface area contributed by atoms with Crippen LogP contribution in [0, 0.1) is 24.0 Å². The topological polar surface area (TPSA) is 111 Å². The Morgan fingerprint density at radius 2 is 2.20 bits per heavy atom. The van der Waals surface area contributed by atoms with E-state index in [1.165, 1.54) is 23.1 Å². The third-order valence-corrected chi connectivity index (χ3v) is 2.99. The molecule has 2 heterocycles. The van der Waals surface area contributed by atoms with E-state index in [0.717, 1.165) is 0 Å². The Labute approximate surface area is 113 Å². The van der Waals surface area contributed by atoms with Gasteiger partial charge >= 0.3 is 5.97 Å². The number of carboxylic acid groups (broad SMARTS) is 1. The number of aromatic carboxylic acids is 1. The lowest BCUT2D eigenvalue weighted by atomic mass is 10.1. The maximum absolute atomic E-state index is 11.0. The summed E-state index contributed by atoms with van der Waals surface area (Å²) in [6.07, 6.45) is 2.77. The largest absolute Gasteiger partial charge is 0.477 e. The van der Waals surface area contributed by atoms with Crippen molar-refractivity contribution in [1.82, 2.24) is 14.8 Å². The summed E-state index contributed by atoms with van der Waals surface area (Å²) in [4.78, 5) is 25.7. The van der Waals surface area contributed by atoms with Gasteiger partial charge in [-0.05, 0) is 19.9 Å². The van der Waals surface area contributed by atoms with Gasteiger partial charge in [0.15, 0.2) is 0 Å². The minimum Gasteiger partial charge on any atom is -0.477 e. The van der Waals surface area contributed by atoms with E-state index in [9.17, 15) is 14.9 Å². The second-order valence-electron chi connectivity index (χ2n) is 4.30. The van der Waals surface area contributed by atoms with Crippen molar-refractivity contribution >= 4 is 11.7 Å². The molecule has 0 aromatic carbocycles. The van der Waals surface area contributed by atoms with E-state index in [0.29, 0.717) is 16.8 Å². The van der Waals surface area contributed by atoms with Crippen LogP contribution in [0.2, 0.25) is 0 Å². The number of carboxylic acids is 1. The van der Waals surface area contributed by atoms with Crippen molar-refractivity contribution in [1.29, 1.82) is 0 Å². The molecule has 0 amide bonds. The van der Waals surface area contributed by atoms with E-state index in [-0.39, 0.29) is 17.9 Å². The Balaban J connectivity index is 2.45. The fraction of sp³-hybridized carbons (Fsp3) is 0.250. The molecule has 20 heavy (non-hydrogen) atoms. The number of nitrogens with zero attached hydrogens (tertiary/aromatic N) is 4. The third kappa shape index (κ3) is 2.35. The van der Waals surface area contributed by atoms with Crippen molar-refractivity contribution in [3.05, 3.63) is 51.1 Å². The Morgan fingerprint density at radius 3 is 2.80 bits per heavy atom. The highest BCUT2D eigenvalue weighted by atomic mass is 16.6. The zero-order valence-electron chi connectivity index (χ0n) is 10.9. The molecule has 0 aliphatic heterocycles. The smallest absolute Gasteiger partial charge is 0.354 e. The van der Waals surface area contributed by atoms with Gasteiger partial charge < -0.3 is 5.11 Å². The zero-order chi connectivity index (χ0) is 14.9. The molecule has 2 aromatic rings. The molecule has 0 saturated heterocycles. The third-order valence-electron chi connectivity index (χ3n) is 2.99. The second-order valence-corrected chi connectivity index (χ2v) is 4.30. The van der Waals surface area contributed by atoms with Gasteiger partial charge in [0.2, 0.25) is 0 Å². The van der Waals surface area contributed by atoms with Gasteiger partial charge in [0.1, 0.15) is 5.69 Å². The molecule has 2 rings (SSSR count). The Hall–Kier alpha value is -2.77. The van der Waals surface area contributed by atoms with E-state index in [1.807, 2.05) is 0 Å². The summed E-state index contributed by atoms with van der Waals surface area (Å²) in [5.74, 6) is -1.11. The molecular weight excluding hydrogens is 264 g/mol. The monoisotopic (exact) mass is 276 g/mol. The number of rotatable bonds is 4. The van der Waals surface area contributed by atoms with Gasteiger partial charge in [-0.25, -0.2) is 4.79 Å².